The van der Waals surface area contributed by atoms with Crippen LogP contribution in [0.2, 0.25) is 0 Å². The lowest BCUT2D eigenvalue weighted by atomic mass is 9.79. The van der Waals surface area contributed by atoms with Crippen molar-refractivity contribution in [2.24, 2.45) is 11.3 Å². The zero-order chi connectivity index (χ0) is 68.3. The number of rotatable bonds is 21. The highest BCUT2D eigenvalue weighted by atomic mass is 32.2. The molecule has 1 unspecified atom stereocenters. The number of methoxy groups -OCH3 is 4. The number of carbonyl (C=O) groups is 5. The van der Waals surface area contributed by atoms with E-state index in [1.54, 1.807) is 84.6 Å². The summed E-state index contributed by atoms with van der Waals surface area (Å²) in [6, 6.07) is 48.7. The number of ether oxygens (including phenoxy) is 5. The first-order chi connectivity index (χ1) is 44.1. The minimum atomic E-state index is -4.25. The Morgan fingerprint density at radius 1 is 0.570 bits per heavy atom. The molecular weight excluding hydrogens is 1230 g/mol. The Labute approximate surface area is 555 Å². The number of ketones is 2. The molecule has 2 aliphatic rings. The number of thioether (sulfide) groups is 1. The van der Waals surface area contributed by atoms with Gasteiger partial charge in [-0.3, -0.25) is 28.9 Å². The third-order valence-electron chi connectivity index (χ3n) is 16.7. The summed E-state index contributed by atoms with van der Waals surface area (Å²) in [4.78, 5) is 69.7. The topological polar surface area (TPSA) is 189 Å². The standard InChI is InChI=1S/C26H35O7P.C22H21O2P.C15H21NO2S.C13H16O2/c1-17(15-26(2,3)4)16-34(29,24(27)22-18(30-5)11-9-12-19(22)31-6)25(28)23-20(32-7)13-10-14-21(23)33-8;1-16-14-17(2)21(18(3)15-16)22(23)25(24,19-10-6-4-7-11-19)20-12-8-5-9-13-20;1-15(2,16-8-10-18-11-9-16)14(17)12-4-6-13(19-3)7-5-12;14-12(11-7-3-1-4-8-11)13(15)9-5-2-6-10-13/h9-14,17H,15-16H2,1-8H3;4-15H,1-3H3;4-7H,8-11H2,1-3H3;1,3-4,7-8,15H,2,5-6,9-10H2. The Morgan fingerprint density at radius 3 is 1.39 bits per heavy atom. The molecule has 2 fully saturated rings. The van der Waals surface area contributed by atoms with Gasteiger partial charge in [-0.05, 0) is 119 Å². The fraction of sp³-hybridized carbons (Fsp3) is 0.382. The Kier molecular flexibility index (Phi) is 27.2. The van der Waals surface area contributed by atoms with Gasteiger partial charge in [-0.15, -0.1) is 11.8 Å². The van der Waals surface area contributed by atoms with E-state index in [-0.39, 0.29) is 68.7 Å². The highest BCUT2D eigenvalue weighted by Gasteiger charge is 2.47. The van der Waals surface area contributed by atoms with Crippen LogP contribution in [0, 0.1) is 32.1 Å². The van der Waals surface area contributed by atoms with E-state index in [2.05, 4.69) is 25.7 Å². The fourth-order valence-electron chi connectivity index (χ4n) is 12.2. The van der Waals surface area contributed by atoms with Crippen molar-refractivity contribution in [3.8, 4) is 23.0 Å². The second kappa shape index (κ2) is 33.8. The smallest absolute Gasteiger partial charge is 0.236 e. The first-order valence-corrected chi connectivity index (χ1v) is 36.3. The van der Waals surface area contributed by atoms with Crippen molar-refractivity contribution < 1.29 is 61.9 Å². The van der Waals surface area contributed by atoms with Gasteiger partial charge in [0.25, 0.3) is 0 Å². The van der Waals surface area contributed by atoms with Crippen LogP contribution >= 0.6 is 26.0 Å². The molecule has 17 heteroatoms. The second-order valence-corrected chi connectivity index (χ2v) is 31.5. The van der Waals surface area contributed by atoms with Crippen molar-refractivity contribution in [2.75, 3.05) is 67.2 Å². The van der Waals surface area contributed by atoms with Gasteiger partial charge in [0.15, 0.2) is 11.6 Å². The average molecular weight is 1320 g/mol. The molecule has 14 nitrogen and oxygen atoms in total. The number of aryl methyl sites for hydroxylation is 3. The highest BCUT2D eigenvalue weighted by molar-refractivity contribution is 7.98. The molecule has 93 heavy (non-hydrogen) atoms. The predicted molar refractivity (Wildman–Crippen MR) is 376 cm³/mol. The minimum absolute atomic E-state index is 0.0130. The molecule has 7 aromatic rings. The Bertz CT molecular complexity index is 3580. The Balaban J connectivity index is 0.000000205. The first-order valence-electron chi connectivity index (χ1n) is 31.4. The second-order valence-electron chi connectivity index (χ2n) is 25.3. The van der Waals surface area contributed by atoms with Gasteiger partial charge in [0.2, 0.25) is 30.9 Å². The van der Waals surface area contributed by atoms with E-state index in [1.165, 1.54) is 33.3 Å². The number of aliphatic hydroxyl groups is 1. The maximum Gasteiger partial charge on any atom is 0.236 e. The van der Waals surface area contributed by atoms with Crippen molar-refractivity contribution in [1.29, 1.82) is 0 Å². The number of carbonyl (C=O) groups excluding carboxylic acids is 5. The number of benzene rings is 7. The van der Waals surface area contributed by atoms with Crippen LogP contribution < -0.4 is 29.6 Å². The van der Waals surface area contributed by atoms with Gasteiger partial charge < -0.3 is 37.9 Å². The summed E-state index contributed by atoms with van der Waals surface area (Å²) < 4.78 is 55.7. The number of nitrogens with zero attached hydrogens (tertiary/aromatic N) is 1. The average Bonchev–Trinajstić information content (AvgIpc) is 0.829. The molecule has 7 aromatic carbocycles. The van der Waals surface area contributed by atoms with E-state index in [0.717, 1.165) is 54.6 Å². The van der Waals surface area contributed by atoms with Crippen molar-refractivity contribution in [3.63, 3.8) is 0 Å². The number of morpholine rings is 1. The number of hydrogen-bond donors (Lipinski definition) is 1. The minimum Gasteiger partial charge on any atom is -0.496 e. The molecule has 0 aromatic heterocycles. The molecule has 1 atom stereocenters. The number of hydrogen-bond acceptors (Lipinski definition) is 15. The predicted octanol–water partition coefficient (Wildman–Crippen LogP) is 16.2. The van der Waals surface area contributed by atoms with Gasteiger partial charge in [-0.1, -0.05) is 180 Å². The first kappa shape index (κ1) is 74.8. The third kappa shape index (κ3) is 18.6. The monoisotopic (exact) mass is 1320 g/mol. The van der Waals surface area contributed by atoms with Gasteiger partial charge in [0.1, 0.15) is 39.7 Å². The van der Waals surface area contributed by atoms with Crippen molar-refractivity contribution >= 4 is 64.8 Å². The molecular formula is C76H93NO13P2S. The van der Waals surface area contributed by atoms with E-state index < -0.39 is 36.5 Å². The summed E-state index contributed by atoms with van der Waals surface area (Å²) in [6.45, 7) is 21.0. The van der Waals surface area contributed by atoms with Crippen LogP contribution in [-0.2, 0) is 13.9 Å². The van der Waals surface area contributed by atoms with E-state index in [4.69, 9.17) is 23.7 Å². The molecule has 9 rings (SSSR count). The van der Waals surface area contributed by atoms with Gasteiger partial charge in [-0.2, -0.15) is 0 Å². The van der Waals surface area contributed by atoms with Gasteiger partial charge in [-0.25, -0.2) is 0 Å². The van der Waals surface area contributed by atoms with Gasteiger partial charge in [0, 0.05) is 51.4 Å². The van der Waals surface area contributed by atoms with Crippen LogP contribution in [0.25, 0.3) is 0 Å². The summed E-state index contributed by atoms with van der Waals surface area (Å²) in [7, 11) is -2.06. The lowest BCUT2D eigenvalue weighted by molar-refractivity contribution is -0.00430. The van der Waals surface area contributed by atoms with Crippen LogP contribution in [0.1, 0.15) is 149 Å². The van der Waals surface area contributed by atoms with Crippen molar-refractivity contribution in [3.05, 3.63) is 208 Å². The summed E-state index contributed by atoms with van der Waals surface area (Å²) in [6.07, 6.45) is 6.86. The molecule has 1 saturated heterocycles. The van der Waals surface area contributed by atoms with Crippen LogP contribution in [0.4, 0.5) is 0 Å². The normalized spacial score (nSPS) is 14.4. The molecule has 496 valence electrons. The quantitative estimate of drug-likeness (QED) is 0.0406. The molecule has 1 N–H and O–H groups in total. The van der Waals surface area contributed by atoms with E-state index in [9.17, 15) is 38.2 Å². The molecule has 0 radical (unpaired) electrons. The van der Waals surface area contributed by atoms with E-state index >= 15 is 0 Å². The molecule has 1 aliphatic carbocycles. The van der Waals surface area contributed by atoms with E-state index in [0.29, 0.717) is 54.2 Å². The van der Waals surface area contributed by atoms with Crippen LogP contribution in [0.5, 0.6) is 23.0 Å². The Hall–Kier alpha value is -7.22. The summed E-state index contributed by atoms with van der Waals surface area (Å²) in [5.41, 5.74) is 1.25. The third-order valence-corrected chi connectivity index (χ3v) is 23.2. The maximum absolute atomic E-state index is 14.7. The largest absolute Gasteiger partial charge is 0.496 e. The molecule has 0 spiro atoms. The molecule has 1 heterocycles. The van der Waals surface area contributed by atoms with Gasteiger partial charge in [0.05, 0.1) is 47.2 Å². The summed E-state index contributed by atoms with van der Waals surface area (Å²) >= 11 is 1.69. The molecule has 1 saturated carbocycles. The maximum atomic E-state index is 14.7. The molecule has 1 aliphatic heterocycles. The fourth-order valence-corrected chi connectivity index (χ4v) is 17.9. The summed E-state index contributed by atoms with van der Waals surface area (Å²) in [5, 5.41) is 11.4. The van der Waals surface area contributed by atoms with Crippen LogP contribution in [0.3, 0.4) is 0 Å². The molecule has 0 bridgehead atoms. The van der Waals surface area contributed by atoms with E-state index in [1.807, 2.05) is 139 Å². The SMILES string of the molecule is COc1cccc(OC)c1C(=O)P(=O)(CC(C)CC(C)(C)C)C(=O)c1c(OC)cccc1OC.CSc1ccc(C(=O)C(C)(C)N2CCOCC2)cc1.Cc1cc(C)c(C(=O)P(=O)(c2ccccc2)c2ccccc2)c(C)c1.O=C(c1ccccc1)C1(O)CCCCC1. The van der Waals surface area contributed by atoms with Gasteiger partial charge >= 0.3 is 0 Å². The zero-order valence-corrected chi connectivity index (χ0v) is 59.1. The van der Waals surface area contributed by atoms with Crippen molar-refractivity contribution in [1.82, 2.24) is 4.90 Å². The lowest BCUT2D eigenvalue weighted by Gasteiger charge is -2.39. The van der Waals surface area contributed by atoms with Crippen LogP contribution in [-0.4, -0.2) is 116 Å². The summed E-state index contributed by atoms with van der Waals surface area (Å²) in [5.74, 6) is 0.645. The van der Waals surface area contributed by atoms with Crippen LogP contribution in [0.15, 0.2) is 169 Å². The zero-order valence-electron chi connectivity index (χ0n) is 56.5. The lowest BCUT2D eigenvalue weighted by Crippen LogP contribution is -2.54. The van der Waals surface area contributed by atoms with Crippen molar-refractivity contribution in [2.45, 2.75) is 117 Å². The highest BCUT2D eigenvalue weighted by Crippen LogP contribution is 2.58. The number of Topliss-reactive ketones (excluding diaryl/α,β-unsaturated/α-hetero) is 2. The Morgan fingerprint density at radius 2 is 0.989 bits per heavy atom. The molecule has 0 amide bonds.